The monoisotopic (exact) mass is 299 g/mol. The number of fused-ring (bicyclic) bond motifs is 1. The van der Waals surface area contributed by atoms with Crippen LogP contribution in [0.3, 0.4) is 0 Å². The third kappa shape index (κ3) is 2.24. The highest BCUT2D eigenvalue weighted by molar-refractivity contribution is 7.89. The minimum Gasteiger partial charge on any atom is -0.288 e. The highest BCUT2D eigenvalue weighted by Gasteiger charge is 2.40. The molecule has 1 saturated carbocycles. The van der Waals surface area contributed by atoms with Crippen LogP contribution in [-0.4, -0.2) is 23.8 Å². The maximum Gasteiger partial charge on any atom is 0.260 e. The van der Waals surface area contributed by atoms with Gasteiger partial charge >= 0.3 is 0 Å². The Kier molecular flexibility index (Phi) is 3.03. The fourth-order valence-corrected chi connectivity index (χ4v) is 4.25. The van der Waals surface area contributed by atoms with Crippen LogP contribution in [0, 0.1) is 5.92 Å². The lowest BCUT2D eigenvalue weighted by Gasteiger charge is -2.06. The van der Waals surface area contributed by atoms with Crippen molar-refractivity contribution < 1.29 is 8.42 Å². The third-order valence-corrected chi connectivity index (χ3v) is 5.34. The number of halogens is 1. The Morgan fingerprint density at radius 3 is 3.00 bits per heavy atom. The molecular weight excluding hydrogens is 286 g/mol. The van der Waals surface area contributed by atoms with Crippen molar-refractivity contribution in [1.29, 1.82) is 0 Å². The van der Waals surface area contributed by atoms with Gasteiger partial charge in [-0.2, -0.15) is 0 Å². The van der Waals surface area contributed by atoms with Gasteiger partial charge in [0.25, 0.3) is 10.0 Å². The molecule has 0 amide bonds. The minimum atomic E-state index is -3.64. The number of imidazole rings is 1. The first-order valence-electron chi connectivity index (χ1n) is 6.18. The first-order valence-corrected chi connectivity index (χ1v) is 8.04. The van der Waals surface area contributed by atoms with E-state index in [1.807, 2.05) is 0 Å². The summed E-state index contributed by atoms with van der Waals surface area (Å²) in [5, 5.41) is 0.0268. The molecule has 102 valence electrons. The number of pyridine rings is 1. The van der Waals surface area contributed by atoms with Gasteiger partial charge in [0.1, 0.15) is 5.65 Å². The van der Waals surface area contributed by atoms with Gasteiger partial charge in [0, 0.05) is 12.2 Å². The van der Waals surface area contributed by atoms with E-state index in [2.05, 4.69) is 16.6 Å². The van der Waals surface area contributed by atoms with E-state index in [0.717, 1.165) is 12.8 Å². The van der Waals surface area contributed by atoms with Crippen molar-refractivity contribution in [2.45, 2.75) is 30.8 Å². The zero-order chi connectivity index (χ0) is 13.6. The zero-order valence-electron chi connectivity index (χ0n) is 10.4. The van der Waals surface area contributed by atoms with Gasteiger partial charge < -0.3 is 0 Å². The highest BCUT2D eigenvalue weighted by Crippen LogP contribution is 2.35. The van der Waals surface area contributed by atoms with Crippen molar-refractivity contribution >= 4 is 27.3 Å². The van der Waals surface area contributed by atoms with Gasteiger partial charge in [-0.25, -0.2) is 18.1 Å². The van der Waals surface area contributed by atoms with Gasteiger partial charge in [0.2, 0.25) is 0 Å². The Labute approximate surface area is 116 Å². The molecule has 1 N–H and O–H groups in total. The lowest BCUT2D eigenvalue weighted by atomic mass is 10.3. The van der Waals surface area contributed by atoms with Crippen molar-refractivity contribution in [3.05, 3.63) is 29.5 Å². The Morgan fingerprint density at radius 2 is 2.32 bits per heavy atom. The number of hydrogen-bond acceptors (Lipinski definition) is 3. The summed E-state index contributed by atoms with van der Waals surface area (Å²) in [6, 6.07) is 5.28. The summed E-state index contributed by atoms with van der Waals surface area (Å²) in [4.78, 5) is 4.06. The molecule has 0 radical (unpaired) electrons. The third-order valence-electron chi connectivity index (χ3n) is 3.45. The minimum absolute atomic E-state index is 0.00685. The van der Waals surface area contributed by atoms with Crippen molar-refractivity contribution in [3.63, 3.8) is 0 Å². The SMILES string of the molecule is CCC1CC1NS(=O)(=O)c1c(Cl)nc2ccccn12. The summed E-state index contributed by atoms with van der Waals surface area (Å²) in [7, 11) is -3.64. The topological polar surface area (TPSA) is 63.5 Å². The van der Waals surface area contributed by atoms with Crippen LogP contribution in [0.5, 0.6) is 0 Å². The average molecular weight is 300 g/mol. The normalized spacial score (nSPS) is 22.8. The maximum atomic E-state index is 12.4. The van der Waals surface area contributed by atoms with Crippen LogP contribution in [0.25, 0.3) is 5.65 Å². The molecular formula is C12H14ClN3O2S. The van der Waals surface area contributed by atoms with Gasteiger partial charge in [-0.1, -0.05) is 31.0 Å². The zero-order valence-corrected chi connectivity index (χ0v) is 11.9. The van der Waals surface area contributed by atoms with Crippen molar-refractivity contribution in [1.82, 2.24) is 14.1 Å². The van der Waals surface area contributed by atoms with E-state index >= 15 is 0 Å². The Balaban J connectivity index is 2.01. The molecule has 7 heteroatoms. The number of nitrogens with one attached hydrogen (secondary N) is 1. The smallest absolute Gasteiger partial charge is 0.260 e. The molecule has 0 spiro atoms. The largest absolute Gasteiger partial charge is 0.288 e. The van der Waals surface area contributed by atoms with Crippen LogP contribution in [0.15, 0.2) is 29.4 Å². The van der Waals surface area contributed by atoms with Crippen molar-refractivity contribution in [2.75, 3.05) is 0 Å². The van der Waals surface area contributed by atoms with Crippen LogP contribution in [0.4, 0.5) is 0 Å². The summed E-state index contributed by atoms with van der Waals surface area (Å²) in [5.41, 5.74) is 0.524. The fraction of sp³-hybridized carbons (Fsp3) is 0.417. The van der Waals surface area contributed by atoms with Crippen molar-refractivity contribution in [3.8, 4) is 0 Å². The van der Waals surface area contributed by atoms with Crippen molar-refractivity contribution in [2.24, 2.45) is 5.92 Å². The van der Waals surface area contributed by atoms with Crippen LogP contribution in [0.1, 0.15) is 19.8 Å². The fourth-order valence-electron chi connectivity index (χ4n) is 2.28. The summed E-state index contributed by atoms with van der Waals surface area (Å²) >= 11 is 5.98. The van der Waals surface area contributed by atoms with Crippen LogP contribution in [-0.2, 0) is 10.0 Å². The molecule has 2 aromatic heterocycles. The quantitative estimate of drug-likeness (QED) is 0.940. The molecule has 1 aliphatic carbocycles. The van der Waals surface area contributed by atoms with Gasteiger partial charge in [0.05, 0.1) is 0 Å². The first kappa shape index (κ1) is 12.9. The number of rotatable bonds is 4. The van der Waals surface area contributed by atoms with E-state index in [1.54, 1.807) is 24.4 Å². The van der Waals surface area contributed by atoms with E-state index < -0.39 is 10.0 Å². The molecule has 0 aliphatic heterocycles. The second kappa shape index (κ2) is 4.47. The number of aromatic nitrogens is 2. The number of sulfonamides is 1. The molecule has 2 atom stereocenters. The van der Waals surface area contributed by atoms with E-state index in [9.17, 15) is 8.42 Å². The van der Waals surface area contributed by atoms with Gasteiger partial charge in [0.15, 0.2) is 10.2 Å². The maximum absolute atomic E-state index is 12.4. The second-order valence-electron chi connectivity index (χ2n) is 4.77. The Hall–Kier alpha value is -1.11. The lowest BCUT2D eigenvalue weighted by molar-refractivity contribution is 0.571. The first-order chi connectivity index (χ1) is 9.03. The van der Waals surface area contributed by atoms with Crippen LogP contribution in [0.2, 0.25) is 5.15 Å². The molecule has 0 saturated heterocycles. The van der Waals surface area contributed by atoms with E-state index in [1.165, 1.54) is 4.40 Å². The average Bonchev–Trinajstić information content (AvgIpc) is 2.99. The predicted octanol–water partition coefficient (Wildman–Crippen LogP) is 2.06. The Morgan fingerprint density at radius 1 is 1.53 bits per heavy atom. The molecule has 1 aliphatic rings. The number of hydrogen-bond donors (Lipinski definition) is 1. The summed E-state index contributed by atoms with van der Waals surface area (Å²) < 4.78 is 29.0. The summed E-state index contributed by atoms with van der Waals surface area (Å²) in [6.07, 6.45) is 3.52. The van der Waals surface area contributed by atoms with E-state index in [4.69, 9.17) is 11.6 Å². The van der Waals surface area contributed by atoms with Crippen LogP contribution < -0.4 is 4.72 Å². The van der Waals surface area contributed by atoms with Gasteiger partial charge in [-0.05, 0) is 24.5 Å². The lowest BCUT2D eigenvalue weighted by Crippen LogP contribution is -2.28. The standard InChI is InChI=1S/C12H14ClN3O2S/c1-2-8-7-9(8)15-19(17,18)12-11(13)14-10-5-3-4-6-16(10)12/h3-6,8-9,15H,2,7H2,1H3. The van der Waals surface area contributed by atoms with Gasteiger partial charge in [-0.15, -0.1) is 0 Å². The van der Waals surface area contributed by atoms with Crippen LogP contribution >= 0.6 is 11.6 Å². The van der Waals surface area contributed by atoms with E-state index in [-0.39, 0.29) is 16.2 Å². The summed E-state index contributed by atoms with van der Waals surface area (Å²) in [6.45, 7) is 2.06. The van der Waals surface area contributed by atoms with Gasteiger partial charge in [-0.3, -0.25) is 4.40 Å². The molecule has 19 heavy (non-hydrogen) atoms. The molecule has 2 unspecified atom stereocenters. The molecule has 0 aromatic carbocycles. The van der Waals surface area contributed by atoms with E-state index in [0.29, 0.717) is 11.6 Å². The highest BCUT2D eigenvalue weighted by atomic mass is 35.5. The molecule has 1 fully saturated rings. The molecule has 0 bridgehead atoms. The predicted molar refractivity (Wildman–Crippen MR) is 72.7 cm³/mol. The molecule has 2 heterocycles. The molecule has 5 nitrogen and oxygen atoms in total. The summed E-state index contributed by atoms with van der Waals surface area (Å²) in [5.74, 6) is 0.438. The molecule has 3 rings (SSSR count). The Bertz CT molecular complexity index is 726. The second-order valence-corrected chi connectivity index (χ2v) is 6.76. The molecule has 2 aromatic rings. The number of nitrogens with zero attached hydrogens (tertiary/aromatic N) is 2.